The van der Waals surface area contributed by atoms with Crippen molar-refractivity contribution in [1.29, 1.82) is 0 Å². The van der Waals surface area contributed by atoms with Crippen molar-refractivity contribution in [3.8, 4) is 11.5 Å². The number of carbonyl (C=O) groups is 1. The third-order valence-corrected chi connectivity index (χ3v) is 4.34. The van der Waals surface area contributed by atoms with E-state index in [0.29, 0.717) is 0 Å². The molecule has 0 aliphatic carbocycles. The number of aryl methyl sites for hydroxylation is 1. The molecule has 0 saturated carbocycles. The number of carbonyl (C=O) groups excluding carboxylic acids is 1. The SMILES string of the molecule is COc1ccc2c(OC)cc(C(C)(C)CC(=O)C=[N+]=[N-])c(C)c2c1. The van der Waals surface area contributed by atoms with Gasteiger partial charge in [-0.1, -0.05) is 13.8 Å². The van der Waals surface area contributed by atoms with E-state index in [0.717, 1.165) is 39.6 Å². The van der Waals surface area contributed by atoms with Gasteiger partial charge in [0.15, 0.2) is 0 Å². The van der Waals surface area contributed by atoms with Crippen LogP contribution in [0.5, 0.6) is 11.5 Å². The molecule has 0 atom stereocenters. The van der Waals surface area contributed by atoms with Crippen LogP contribution < -0.4 is 9.47 Å². The summed E-state index contributed by atoms with van der Waals surface area (Å²) in [5.74, 6) is 1.29. The van der Waals surface area contributed by atoms with Gasteiger partial charge in [0.25, 0.3) is 0 Å². The third-order valence-electron chi connectivity index (χ3n) is 4.34. The molecule has 0 N–H and O–H groups in total. The van der Waals surface area contributed by atoms with Gasteiger partial charge < -0.3 is 15.0 Å². The van der Waals surface area contributed by atoms with Crippen LogP contribution in [0.1, 0.15) is 31.4 Å². The van der Waals surface area contributed by atoms with E-state index in [-0.39, 0.29) is 12.2 Å². The van der Waals surface area contributed by atoms with Crippen LogP contribution in [0.25, 0.3) is 16.3 Å². The lowest BCUT2D eigenvalue weighted by atomic mass is 9.77. The van der Waals surface area contributed by atoms with Crippen LogP contribution in [0.4, 0.5) is 0 Å². The van der Waals surface area contributed by atoms with E-state index < -0.39 is 5.41 Å². The van der Waals surface area contributed by atoms with Gasteiger partial charge in [0.2, 0.25) is 5.78 Å². The first-order valence-corrected chi connectivity index (χ1v) is 7.70. The van der Waals surface area contributed by atoms with Gasteiger partial charge in [-0.05, 0) is 53.1 Å². The van der Waals surface area contributed by atoms with Crippen molar-refractivity contribution in [1.82, 2.24) is 0 Å². The maximum atomic E-state index is 11.9. The number of fused-ring (bicyclic) bond motifs is 1. The molecule has 126 valence electrons. The largest absolute Gasteiger partial charge is 0.497 e. The topological polar surface area (TPSA) is 71.9 Å². The number of ether oxygens (including phenoxy) is 2. The van der Waals surface area contributed by atoms with Crippen LogP contribution in [-0.4, -0.2) is 31.0 Å². The van der Waals surface area contributed by atoms with E-state index >= 15 is 0 Å². The molecule has 2 rings (SSSR count). The second-order valence-corrected chi connectivity index (χ2v) is 6.43. The highest BCUT2D eigenvalue weighted by Gasteiger charge is 2.28. The Bertz CT molecular complexity index is 834. The summed E-state index contributed by atoms with van der Waals surface area (Å²) in [7, 11) is 3.27. The minimum Gasteiger partial charge on any atom is -0.497 e. The van der Waals surface area contributed by atoms with Crippen molar-refractivity contribution >= 4 is 22.8 Å². The Morgan fingerprint density at radius 2 is 1.92 bits per heavy atom. The molecule has 0 bridgehead atoms. The molecule has 24 heavy (non-hydrogen) atoms. The molecular weight excluding hydrogens is 304 g/mol. The zero-order chi connectivity index (χ0) is 17.9. The van der Waals surface area contributed by atoms with Crippen LogP contribution in [0, 0.1) is 6.92 Å². The van der Waals surface area contributed by atoms with Crippen molar-refractivity contribution in [2.24, 2.45) is 0 Å². The number of hydrogen-bond donors (Lipinski definition) is 0. The predicted octanol–water partition coefficient (Wildman–Crippen LogP) is 3.70. The van der Waals surface area contributed by atoms with Gasteiger partial charge in [0.1, 0.15) is 11.5 Å². The molecule has 2 aromatic carbocycles. The Hall–Kier alpha value is -2.65. The van der Waals surface area contributed by atoms with Crippen LogP contribution in [0.2, 0.25) is 0 Å². The standard InChI is InChI=1S/C19H22N2O3/c1-12-16-8-14(23-4)6-7-15(16)18(24-5)9-17(12)19(2,3)10-13(22)11-21-20/h6-9,11H,10H2,1-5H3. The van der Waals surface area contributed by atoms with Crippen molar-refractivity contribution in [2.45, 2.75) is 32.6 Å². The quantitative estimate of drug-likeness (QED) is 0.461. The Labute approximate surface area is 141 Å². The van der Waals surface area contributed by atoms with Gasteiger partial charge in [-0.3, -0.25) is 4.79 Å². The smallest absolute Gasteiger partial charge is 0.323 e. The molecule has 0 fully saturated rings. The molecule has 0 saturated heterocycles. The average molecular weight is 326 g/mol. The van der Waals surface area contributed by atoms with E-state index in [1.807, 2.05) is 45.0 Å². The Kier molecular flexibility index (Phi) is 5.05. The van der Waals surface area contributed by atoms with E-state index in [9.17, 15) is 4.79 Å². The first-order chi connectivity index (χ1) is 11.3. The molecule has 0 aromatic heterocycles. The first-order valence-electron chi connectivity index (χ1n) is 7.70. The minimum atomic E-state index is -0.438. The Morgan fingerprint density at radius 3 is 2.50 bits per heavy atom. The lowest BCUT2D eigenvalue weighted by Gasteiger charge is -2.27. The van der Waals surface area contributed by atoms with E-state index in [1.165, 1.54) is 0 Å². The summed E-state index contributed by atoms with van der Waals surface area (Å²) in [4.78, 5) is 14.7. The fourth-order valence-corrected chi connectivity index (χ4v) is 3.15. The van der Waals surface area contributed by atoms with Gasteiger partial charge in [-0.25, -0.2) is 0 Å². The molecule has 2 aromatic rings. The number of hydrogen-bond acceptors (Lipinski definition) is 3. The van der Waals surface area contributed by atoms with Crippen LogP contribution >= 0.6 is 0 Å². The maximum Gasteiger partial charge on any atom is 0.323 e. The third kappa shape index (κ3) is 3.31. The molecular formula is C19H22N2O3. The van der Waals surface area contributed by atoms with Crippen molar-refractivity contribution in [2.75, 3.05) is 14.2 Å². The molecule has 0 unspecified atom stereocenters. The summed E-state index contributed by atoms with van der Waals surface area (Å²) in [6, 6.07) is 7.83. The summed E-state index contributed by atoms with van der Waals surface area (Å²) in [5.41, 5.74) is 10.2. The van der Waals surface area contributed by atoms with Gasteiger partial charge in [0.05, 0.1) is 14.2 Å². The van der Waals surface area contributed by atoms with Crippen molar-refractivity contribution in [3.63, 3.8) is 0 Å². The minimum absolute atomic E-state index is 0.230. The number of ketones is 1. The lowest BCUT2D eigenvalue weighted by Crippen LogP contribution is -2.24. The highest BCUT2D eigenvalue weighted by atomic mass is 16.5. The molecule has 5 heteroatoms. The number of methoxy groups -OCH3 is 2. The highest BCUT2D eigenvalue weighted by Crippen LogP contribution is 2.39. The zero-order valence-electron chi connectivity index (χ0n) is 14.7. The summed E-state index contributed by atoms with van der Waals surface area (Å²) >= 11 is 0. The lowest BCUT2D eigenvalue weighted by molar-refractivity contribution is -0.117. The van der Waals surface area contributed by atoms with E-state index in [1.54, 1.807) is 14.2 Å². The number of rotatable bonds is 6. The molecule has 0 aliphatic rings. The van der Waals surface area contributed by atoms with Gasteiger partial charge >= 0.3 is 6.21 Å². The number of Topliss-reactive ketones (excluding diaryl/α,β-unsaturated/α-hetero) is 1. The zero-order valence-corrected chi connectivity index (χ0v) is 14.7. The number of benzene rings is 2. The molecule has 0 radical (unpaired) electrons. The maximum absolute atomic E-state index is 11.9. The van der Waals surface area contributed by atoms with Crippen molar-refractivity contribution < 1.29 is 19.1 Å². The second kappa shape index (κ2) is 6.85. The van der Waals surface area contributed by atoms with Gasteiger partial charge in [-0.2, -0.15) is 4.79 Å². The van der Waals surface area contributed by atoms with E-state index in [4.69, 9.17) is 15.0 Å². The van der Waals surface area contributed by atoms with Gasteiger partial charge in [-0.15, -0.1) is 0 Å². The van der Waals surface area contributed by atoms with Crippen LogP contribution in [0.15, 0.2) is 24.3 Å². The van der Waals surface area contributed by atoms with Crippen molar-refractivity contribution in [3.05, 3.63) is 40.9 Å². The monoisotopic (exact) mass is 326 g/mol. The first kappa shape index (κ1) is 17.7. The average Bonchev–Trinajstić information content (AvgIpc) is 2.54. The summed E-state index contributed by atoms with van der Waals surface area (Å²) < 4.78 is 10.9. The molecule has 5 nitrogen and oxygen atoms in total. The normalized spacial score (nSPS) is 11.0. The Balaban J connectivity index is 2.67. The second-order valence-electron chi connectivity index (χ2n) is 6.43. The molecule has 0 spiro atoms. The molecule has 0 heterocycles. The summed E-state index contributed by atoms with van der Waals surface area (Å²) in [6.07, 6.45) is 1.18. The predicted molar refractivity (Wildman–Crippen MR) is 94.1 cm³/mol. The number of nitrogens with zero attached hydrogens (tertiary/aromatic N) is 2. The summed E-state index contributed by atoms with van der Waals surface area (Å²) in [5, 5.41) is 2.03. The van der Waals surface area contributed by atoms with Crippen LogP contribution in [0.3, 0.4) is 0 Å². The van der Waals surface area contributed by atoms with Gasteiger partial charge in [0, 0.05) is 11.8 Å². The highest BCUT2D eigenvalue weighted by molar-refractivity contribution is 6.25. The fourth-order valence-electron chi connectivity index (χ4n) is 3.15. The molecule has 0 amide bonds. The Morgan fingerprint density at radius 1 is 1.21 bits per heavy atom. The molecule has 0 aliphatic heterocycles. The summed E-state index contributed by atoms with van der Waals surface area (Å²) in [6.45, 7) is 6.01. The van der Waals surface area contributed by atoms with E-state index in [2.05, 4.69) is 4.79 Å². The fraction of sp³-hybridized carbons (Fsp3) is 0.368. The van der Waals surface area contributed by atoms with Crippen LogP contribution in [-0.2, 0) is 10.2 Å².